The van der Waals surface area contributed by atoms with Crippen molar-refractivity contribution in [2.24, 2.45) is 0 Å². The molecular formula is C13H17Cl2NO2. The summed E-state index contributed by atoms with van der Waals surface area (Å²) in [6.45, 7) is 6.01. The zero-order valence-corrected chi connectivity index (χ0v) is 12.3. The van der Waals surface area contributed by atoms with E-state index in [-0.39, 0.29) is 10.8 Å². The molecule has 0 aliphatic heterocycles. The molecule has 0 spiro atoms. The van der Waals surface area contributed by atoms with Crippen molar-refractivity contribution in [2.75, 3.05) is 0 Å². The molecule has 1 heterocycles. The summed E-state index contributed by atoms with van der Waals surface area (Å²) in [5, 5.41) is 0.433. The Labute approximate surface area is 117 Å². The average molecular weight is 290 g/mol. The predicted octanol–water partition coefficient (Wildman–Crippen LogP) is 4.51. The molecule has 0 radical (unpaired) electrons. The van der Waals surface area contributed by atoms with E-state index in [0.29, 0.717) is 5.02 Å². The minimum Gasteiger partial charge on any atom is -0.454 e. The van der Waals surface area contributed by atoms with Crippen LogP contribution in [-0.2, 0) is 4.74 Å². The number of carbonyl (C=O) groups is 1. The number of rotatable bonds is 5. The highest BCUT2D eigenvalue weighted by atomic mass is 35.5. The number of aromatic nitrogens is 1. The summed E-state index contributed by atoms with van der Waals surface area (Å²) in [5.74, 6) is -0.459. The molecule has 0 aliphatic carbocycles. The van der Waals surface area contributed by atoms with Gasteiger partial charge in [0.1, 0.15) is 16.4 Å². The molecule has 0 unspecified atom stereocenters. The number of ether oxygens (including phenoxy) is 1. The first-order chi connectivity index (χ1) is 8.48. The second-order valence-corrected chi connectivity index (χ2v) is 4.87. The fourth-order valence-corrected chi connectivity index (χ4v) is 2.01. The van der Waals surface area contributed by atoms with Crippen LogP contribution in [0.2, 0.25) is 10.2 Å². The summed E-state index contributed by atoms with van der Waals surface area (Å²) in [5.41, 5.74) is -0.241. The van der Waals surface area contributed by atoms with Crippen LogP contribution in [-0.4, -0.2) is 16.6 Å². The number of esters is 1. The number of hydrogen-bond donors (Lipinski definition) is 0. The van der Waals surface area contributed by atoms with Crippen LogP contribution in [0, 0.1) is 0 Å². The quantitative estimate of drug-likeness (QED) is 0.591. The van der Waals surface area contributed by atoms with Gasteiger partial charge in [-0.05, 0) is 31.4 Å². The van der Waals surface area contributed by atoms with E-state index in [1.54, 1.807) is 6.07 Å². The fourth-order valence-electron chi connectivity index (χ4n) is 1.75. The molecule has 3 nitrogen and oxygen atoms in total. The van der Waals surface area contributed by atoms with Gasteiger partial charge in [-0.1, -0.05) is 44.0 Å². The van der Waals surface area contributed by atoms with Crippen molar-refractivity contribution in [3.05, 3.63) is 28.0 Å². The number of hydrogen-bond acceptors (Lipinski definition) is 3. The van der Waals surface area contributed by atoms with E-state index >= 15 is 0 Å². The number of carbonyl (C=O) groups excluding carboxylic acids is 1. The van der Waals surface area contributed by atoms with Crippen molar-refractivity contribution in [1.82, 2.24) is 4.98 Å². The van der Waals surface area contributed by atoms with Gasteiger partial charge in [-0.25, -0.2) is 9.78 Å². The molecule has 18 heavy (non-hydrogen) atoms. The van der Waals surface area contributed by atoms with Crippen molar-refractivity contribution in [3.8, 4) is 0 Å². The first-order valence-electron chi connectivity index (χ1n) is 6.03. The highest BCUT2D eigenvalue weighted by molar-refractivity contribution is 6.41. The van der Waals surface area contributed by atoms with Gasteiger partial charge in [0.2, 0.25) is 0 Å². The highest BCUT2D eigenvalue weighted by Crippen LogP contribution is 2.26. The molecule has 5 heteroatoms. The van der Waals surface area contributed by atoms with Crippen LogP contribution >= 0.6 is 23.2 Å². The molecule has 0 saturated carbocycles. The Balaban J connectivity index is 2.90. The molecule has 0 N–H and O–H groups in total. The Morgan fingerprint density at radius 1 is 1.22 bits per heavy atom. The molecule has 0 bridgehead atoms. The van der Waals surface area contributed by atoms with Crippen LogP contribution in [0.4, 0.5) is 0 Å². The van der Waals surface area contributed by atoms with Crippen LogP contribution in [0.5, 0.6) is 0 Å². The monoisotopic (exact) mass is 289 g/mol. The largest absolute Gasteiger partial charge is 0.454 e. The SMILES string of the molecule is CCC(CC)(CC)OC(=O)c1ccc(Cl)c(Cl)n1. The second kappa shape index (κ2) is 6.39. The van der Waals surface area contributed by atoms with E-state index in [0.717, 1.165) is 19.3 Å². The lowest BCUT2D eigenvalue weighted by Gasteiger charge is -2.30. The standard InChI is InChI=1S/C13H17Cl2NO2/c1-4-13(5-2,6-3)18-12(17)10-8-7-9(14)11(15)16-10/h7-8H,4-6H2,1-3H3. The Bertz CT molecular complexity index is 423. The summed E-state index contributed by atoms with van der Waals surface area (Å²) < 4.78 is 5.56. The molecular weight excluding hydrogens is 273 g/mol. The van der Waals surface area contributed by atoms with Crippen molar-refractivity contribution in [2.45, 2.75) is 45.6 Å². The van der Waals surface area contributed by atoms with E-state index in [9.17, 15) is 4.79 Å². The van der Waals surface area contributed by atoms with Gasteiger partial charge in [-0.2, -0.15) is 0 Å². The van der Waals surface area contributed by atoms with Crippen LogP contribution in [0.1, 0.15) is 50.5 Å². The van der Waals surface area contributed by atoms with Gasteiger partial charge in [0.25, 0.3) is 0 Å². The molecule has 100 valence electrons. The first kappa shape index (κ1) is 15.3. The summed E-state index contributed by atoms with van der Waals surface area (Å²) >= 11 is 11.5. The molecule has 1 rings (SSSR count). The van der Waals surface area contributed by atoms with Crippen LogP contribution in [0.25, 0.3) is 0 Å². The molecule has 0 atom stereocenters. The lowest BCUT2D eigenvalue weighted by Crippen LogP contribution is -2.33. The molecule has 1 aromatic rings. The zero-order chi connectivity index (χ0) is 13.8. The molecule has 0 fully saturated rings. The van der Waals surface area contributed by atoms with E-state index in [2.05, 4.69) is 4.98 Å². The minimum atomic E-state index is -0.459. The van der Waals surface area contributed by atoms with Gasteiger partial charge in [0.05, 0.1) is 5.02 Å². The lowest BCUT2D eigenvalue weighted by atomic mass is 9.94. The van der Waals surface area contributed by atoms with Crippen molar-refractivity contribution >= 4 is 29.2 Å². The Kier molecular flexibility index (Phi) is 5.42. The maximum absolute atomic E-state index is 12.0. The Morgan fingerprint density at radius 3 is 2.22 bits per heavy atom. The number of halogens is 2. The van der Waals surface area contributed by atoms with Gasteiger partial charge in [-0.3, -0.25) is 0 Å². The smallest absolute Gasteiger partial charge is 0.357 e. The first-order valence-corrected chi connectivity index (χ1v) is 6.79. The van der Waals surface area contributed by atoms with Crippen molar-refractivity contribution in [1.29, 1.82) is 0 Å². The third-order valence-electron chi connectivity index (χ3n) is 3.25. The van der Waals surface area contributed by atoms with E-state index in [1.807, 2.05) is 20.8 Å². The van der Waals surface area contributed by atoms with Gasteiger partial charge in [0.15, 0.2) is 0 Å². The summed E-state index contributed by atoms with van der Waals surface area (Å²) in [6, 6.07) is 3.06. The number of pyridine rings is 1. The van der Waals surface area contributed by atoms with Crippen molar-refractivity contribution < 1.29 is 9.53 Å². The second-order valence-electron chi connectivity index (χ2n) is 4.10. The Hall–Kier alpha value is -0.800. The maximum atomic E-state index is 12.0. The zero-order valence-electron chi connectivity index (χ0n) is 10.8. The lowest BCUT2D eigenvalue weighted by molar-refractivity contribution is -0.0254. The van der Waals surface area contributed by atoms with Crippen LogP contribution in [0.15, 0.2) is 12.1 Å². The van der Waals surface area contributed by atoms with E-state index in [4.69, 9.17) is 27.9 Å². The van der Waals surface area contributed by atoms with Gasteiger partial charge in [0, 0.05) is 0 Å². The normalized spacial score (nSPS) is 11.4. The van der Waals surface area contributed by atoms with Crippen LogP contribution < -0.4 is 0 Å². The molecule has 0 aromatic carbocycles. The molecule has 1 aromatic heterocycles. The molecule has 0 aliphatic rings. The third-order valence-corrected chi connectivity index (χ3v) is 3.94. The highest BCUT2D eigenvalue weighted by Gasteiger charge is 2.29. The van der Waals surface area contributed by atoms with Crippen molar-refractivity contribution in [3.63, 3.8) is 0 Å². The van der Waals surface area contributed by atoms with Gasteiger partial charge < -0.3 is 4.74 Å². The molecule has 0 saturated heterocycles. The van der Waals surface area contributed by atoms with Gasteiger partial charge in [-0.15, -0.1) is 0 Å². The van der Waals surface area contributed by atoms with E-state index < -0.39 is 11.6 Å². The summed E-state index contributed by atoms with van der Waals surface area (Å²) in [6.07, 6.45) is 2.31. The maximum Gasteiger partial charge on any atom is 0.357 e. The van der Waals surface area contributed by atoms with E-state index in [1.165, 1.54) is 6.07 Å². The number of nitrogens with zero attached hydrogens (tertiary/aromatic N) is 1. The fraction of sp³-hybridized carbons (Fsp3) is 0.538. The topological polar surface area (TPSA) is 39.2 Å². The minimum absolute atomic E-state index is 0.112. The Morgan fingerprint density at radius 2 is 1.78 bits per heavy atom. The average Bonchev–Trinajstić information content (AvgIpc) is 2.39. The molecule has 0 amide bonds. The predicted molar refractivity (Wildman–Crippen MR) is 73.3 cm³/mol. The van der Waals surface area contributed by atoms with Gasteiger partial charge >= 0.3 is 5.97 Å². The third kappa shape index (κ3) is 3.36. The summed E-state index contributed by atoms with van der Waals surface area (Å²) in [4.78, 5) is 15.9. The summed E-state index contributed by atoms with van der Waals surface area (Å²) in [7, 11) is 0. The van der Waals surface area contributed by atoms with Crippen LogP contribution in [0.3, 0.4) is 0 Å².